The molecule has 0 aromatic heterocycles. The van der Waals surface area contributed by atoms with Crippen LogP contribution in [0.5, 0.6) is 0 Å². The second kappa shape index (κ2) is 4.84. The van der Waals surface area contributed by atoms with E-state index in [1.807, 2.05) is 6.92 Å². The predicted molar refractivity (Wildman–Crippen MR) is 56.8 cm³/mol. The van der Waals surface area contributed by atoms with Crippen LogP contribution in [0.1, 0.15) is 27.6 Å². The molecule has 0 saturated heterocycles. The number of hydrogen-bond acceptors (Lipinski definition) is 3. The largest absolute Gasteiger partial charge is 0.478 e. The Balaban J connectivity index is 3.20. The molecule has 1 aromatic carbocycles. The Hall–Kier alpha value is -1.49. The van der Waals surface area contributed by atoms with Gasteiger partial charge in [-0.05, 0) is 24.0 Å². The van der Waals surface area contributed by atoms with Gasteiger partial charge in [-0.25, -0.2) is 9.59 Å². The molecule has 0 atom stereocenters. The van der Waals surface area contributed by atoms with E-state index in [2.05, 4.69) is 0 Å². The van der Waals surface area contributed by atoms with Crippen molar-refractivity contribution >= 4 is 23.7 Å². The Kier molecular flexibility index (Phi) is 3.74. The average Bonchev–Trinajstić information content (AvgIpc) is 2.17. The van der Waals surface area contributed by atoms with Gasteiger partial charge in [-0.2, -0.15) is 0 Å². The Bertz CT molecular complexity index is 400. The summed E-state index contributed by atoms with van der Waals surface area (Å²) >= 11 is 1.32. The van der Waals surface area contributed by atoms with Crippen molar-refractivity contribution in [3.63, 3.8) is 0 Å². The molecule has 0 saturated carbocycles. The predicted octanol–water partition coefficient (Wildman–Crippen LogP) is 2.20. The fraction of sp³-hybridized carbons (Fsp3) is 0.200. The Morgan fingerprint density at radius 2 is 1.93 bits per heavy atom. The summed E-state index contributed by atoms with van der Waals surface area (Å²) in [4.78, 5) is 22.0. The third kappa shape index (κ3) is 2.73. The zero-order valence-electron chi connectivity index (χ0n) is 8.06. The molecule has 0 fully saturated rings. The lowest BCUT2D eigenvalue weighted by Gasteiger charge is -2.05. The molecule has 4 nitrogen and oxygen atoms in total. The molecule has 0 spiro atoms. The van der Waals surface area contributed by atoms with Crippen molar-refractivity contribution in [1.29, 1.82) is 0 Å². The molecule has 5 heteroatoms. The molecule has 2 N–H and O–H groups in total. The summed E-state index contributed by atoms with van der Waals surface area (Å²) in [5, 5.41) is 17.6. The van der Waals surface area contributed by atoms with Gasteiger partial charge in [0.05, 0.1) is 11.1 Å². The highest BCUT2D eigenvalue weighted by Gasteiger charge is 2.12. The maximum Gasteiger partial charge on any atom is 0.336 e. The van der Waals surface area contributed by atoms with Crippen LogP contribution in [0.3, 0.4) is 0 Å². The van der Waals surface area contributed by atoms with Gasteiger partial charge < -0.3 is 10.2 Å². The maximum absolute atomic E-state index is 10.8. The highest BCUT2D eigenvalue weighted by molar-refractivity contribution is 7.99. The lowest BCUT2D eigenvalue weighted by atomic mass is 10.1. The molecule has 0 heterocycles. The van der Waals surface area contributed by atoms with E-state index in [0.29, 0.717) is 10.6 Å². The van der Waals surface area contributed by atoms with Gasteiger partial charge >= 0.3 is 11.9 Å². The summed E-state index contributed by atoms with van der Waals surface area (Å²) in [5.74, 6) is -1.39. The van der Waals surface area contributed by atoms with E-state index in [0.717, 1.165) is 0 Å². The molecule has 0 aliphatic rings. The second-order valence-corrected chi connectivity index (χ2v) is 4.06. The summed E-state index contributed by atoms with van der Waals surface area (Å²) in [7, 11) is 0. The quantitative estimate of drug-likeness (QED) is 0.770. The van der Waals surface area contributed by atoms with E-state index in [1.165, 1.54) is 30.0 Å². The van der Waals surface area contributed by atoms with Gasteiger partial charge in [0.15, 0.2) is 0 Å². The molecule has 15 heavy (non-hydrogen) atoms. The van der Waals surface area contributed by atoms with Crippen molar-refractivity contribution in [3.8, 4) is 0 Å². The first-order chi connectivity index (χ1) is 7.06. The van der Waals surface area contributed by atoms with E-state index in [-0.39, 0.29) is 11.1 Å². The van der Waals surface area contributed by atoms with Crippen LogP contribution in [0.25, 0.3) is 0 Å². The molecule has 0 radical (unpaired) electrons. The van der Waals surface area contributed by atoms with Crippen molar-refractivity contribution in [2.75, 3.05) is 5.75 Å². The number of hydrogen-bond donors (Lipinski definition) is 2. The number of rotatable bonds is 4. The molecular weight excluding hydrogens is 216 g/mol. The monoisotopic (exact) mass is 226 g/mol. The Labute approximate surface area is 90.9 Å². The normalized spacial score (nSPS) is 9.93. The number of carboxylic acids is 2. The van der Waals surface area contributed by atoms with E-state index >= 15 is 0 Å². The molecule has 0 unspecified atom stereocenters. The van der Waals surface area contributed by atoms with Gasteiger partial charge in [0.2, 0.25) is 0 Å². The third-order valence-electron chi connectivity index (χ3n) is 1.76. The molecule has 0 aliphatic heterocycles. The van der Waals surface area contributed by atoms with Crippen LogP contribution in [0.15, 0.2) is 23.1 Å². The minimum atomic E-state index is -1.05. The fourth-order valence-electron chi connectivity index (χ4n) is 1.11. The topological polar surface area (TPSA) is 74.6 Å². The lowest BCUT2D eigenvalue weighted by Crippen LogP contribution is -2.02. The minimum Gasteiger partial charge on any atom is -0.478 e. The molecule has 80 valence electrons. The van der Waals surface area contributed by atoms with E-state index < -0.39 is 11.9 Å². The number of aromatic carboxylic acids is 2. The van der Waals surface area contributed by atoms with Crippen LogP contribution in [0, 0.1) is 0 Å². The van der Waals surface area contributed by atoms with Crippen molar-refractivity contribution in [2.24, 2.45) is 0 Å². The Morgan fingerprint density at radius 3 is 2.40 bits per heavy atom. The number of benzene rings is 1. The van der Waals surface area contributed by atoms with Crippen LogP contribution in [-0.4, -0.2) is 27.9 Å². The van der Waals surface area contributed by atoms with Crippen LogP contribution in [-0.2, 0) is 0 Å². The minimum absolute atomic E-state index is 0.107. The van der Waals surface area contributed by atoms with E-state index in [1.54, 1.807) is 0 Å². The highest BCUT2D eigenvalue weighted by Crippen LogP contribution is 2.24. The van der Waals surface area contributed by atoms with Crippen LogP contribution in [0.4, 0.5) is 0 Å². The molecule has 0 bridgehead atoms. The number of thioether (sulfide) groups is 1. The molecule has 0 amide bonds. The summed E-state index contributed by atoms with van der Waals surface area (Å²) < 4.78 is 0. The van der Waals surface area contributed by atoms with Gasteiger partial charge in [-0.1, -0.05) is 6.92 Å². The summed E-state index contributed by atoms with van der Waals surface area (Å²) in [5.41, 5.74) is 0.253. The smallest absolute Gasteiger partial charge is 0.336 e. The number of carbonyl (C=O) groups is 2. The van der Waals surface area contributed by atoms with Gasteiger partial charge in [0.1, 0.15) is 0 Å². The summed E-state index contributed by atoms with van der Waals surface area (Å²) in [6, 6.07) is 4.01. The van der Waals surface area contributed by atoms with Gasteiger partial charge in [0.25, 0.3) is 0 Å². The van der Waals surface area contributed by atoms with Crippen molar-refractivity contribution in [1.82, 2.24) is 0 Å². The molecular formula is C10H10O4S. The van der Waals surface area contributed by atoms with Crippen LogP contribution >= 0.6 is 11.8 Å². The fourth-order valence-corrected chi connectivity index (χ4v) is 1.94. The summed E-state index contributed by atoms with van der Waals surface area (Å²) in [6.07, 6.45) is 0. The SMILES string of the molecule is CCSc1cc(C(=O)O)ccc1C(=O)O. The zero-order chi connectivity index (χ0) is 11.4. The van der Waals surface area contributed by atoms with Gasteiger partial charge in [0, 0.05) is 4.90 Å². The van der Waals surface area contributed by atoms with Crippen molar-refractivity contribution < 1.29 is 19.8 Å². The van der Waals surface area contributed by atoms with Crippen molar-refractivity contribution in [2.45, 2.75) is 11.8 Å². The van der Waals surface area contributed by atoms with Gasteiger partial charge in [-0.15, -0.1) is 11.8 Å². The first-order valence-electron chi connectivity index (χ1n) is 4.29. The third-order valence-corrected chi connectivity index (χ3v) is 2.70. The standard InChI is InChI=1S/C10H10O4S/c1-2-15-8-5-6(9(11)12)3-4-7(8)10(13)14/h3-5H,2H2,1H3,(H,11,12)(H,13,14). The van der Waals surface area contributed by atoms with Crippen LogP contribution < -0.4 is 0 Å². The molecule has 1 rings (SSSR count). The average molecular weight is 226 g/mol. The van der Waals surface area contributed by atoms with E-state index in [4.69, 9.17) is 10.2 Å². The van der Waals surface area contributed by atoms with Crippen LogP contribution in [0.2, 0.25) is 0 Å². The zero-order valence-corrected chi connectivity index (χ0v) is 8.87. The number of carboxylic acid groups (broad SMARTS) is 2. The van der Waals surface area contributed by atoms with Gasteiger partial charge in [-0.3, -0.25) is 0 Å². The summed E-state index contributed by atoms with van der Waals surface area (Å²) in [6.45, 7) is 1.88. The first kappa shape index (κ1) is 11.6. The van der Waals surface area contributed by atoms with E-state index in [9.17, 15) is 9.59 Å². The second-order valence-electron chi connectivity index (χ2n) is 2.75. The van der Waals surface area contributed by atoms with Crippen molar-refractivity contribution in [3.05, 3.63) is 29.3 Å². The maximum atomic E-state index is 10.8. The Morgan fingerprint density at radius 1 is 1.27 bits per heavy atom. The highest BCUT2D eigenvalue weighted by atomic mass is 32.2. The lowest BCUT2D eigenvalue weighted by molar-refractivity contribution is 0.0678. The first-order valence-corrected chi connectivity index (χ1v) is 5.28. The molecule has 0 aliphatic carbocycles. The molecule has 1 aromatic rings.